The van der Waals surface area contributed by atoms with Crippen LogP contribution in [0.1, 0.15) is 15.9 Å². The number of imide groups is 1. The molecule has 7 heteroatoms. The molecule has 0 aliphatic carbocycles. The molecule has 31 heavy (non-hydrogen) atoms. The standard InChI is InChI=1S/C24H22N2O5/c1-14-5-3-4-6-17(14)26-22(28)19-18-11-12-24(31-18,20(19)23(26)29)13-25-21(27)15-7-9-16(30-2)10-8-15/h3-12,18-20H,13H2,1-2H3,(H,25,27)/t18-,19+,20-,24-/m1/s1. The first-order valence-corrected chi connectivity index (χ1v) is 10.2. The maximum absolute atomic E-state index is 13.4. The Kier molecular flexibility index (Phi) is 4.44. The molecule has 0 radical (unpaired) electrons. The molecule has 0 saturated carbocycles. The molecule has 0 spiro atoms. The Morgan fingerprint density at radius 3 is 2.58 bits per heavy atom. The normalized spacial score (nSPS) is 28.2. The van der Waals surface area contributed by atoms with Gasteiger partial charge in [0.1, 0.15) is 11.4 Å². The number of fused-ring (bicyclic) bond motifs is 5. The van der Waals surface area contributed by atoms with Gasteiger partial charge in [0.25, 0.3) is 5.91 Å². The molecular formula is C24H22N2O5. The maximum Gasteiger partial charge on any atom is 0.251 e. The summed E-state index contributed by atoms with van der Waals surface area (Å²) in [6.45, 7) is 1.98. The van der Waals surface area contributed by atoms with E-state index in [9.17, 15) is 14.4 Å². The molecule has 2 aromatic rings. The van der Waals surface area contributed by atoms with E-state index in [-0.39, 0.29) is 24.3 Å². The van der Waals surface area contributed by atoms with Gasteiger partial charge in [0.2, 0.25) is 11.8 Å². The molecule has 0 aromatic heterocycles. The first kappa shape index (κ1) is 19.5. The lowest BCUT2D eigenvalue weighted by Gasteiger charge is -2.29. The van der Waals surface area contributed by atoms with Crippen molar-refractivity contribution in [1.82, 2.24) is 5.32 Å². The van der Waals surface area contributed by atoms with Crippen LogP contribution in [0.2, 0.25) is 0 Å². The highest BCUT2D eigenvalue weighted by molar-refractivity contribution is 6.23. The lowest BCUT2D eigenvalue weighted by atomic mass is 9.77. The number of hydrogen-bond acceptors (Lipinski definition) is 5. The molecule has 0 unspecified atom stereocenters. The van der Waals surface area contributed by atoms with Crippen LogP contribution in [-0.2, 0) is 14.3 Å². The Bertz CT molecular complexity index is 1110. The molecule has 3 amide bonds. The van der Waals surface area contributed by atoms with Crippen LogP contribution < -0.4 is 15.0 Å². The lowest BCUT2D eigenvalue weighted by Crippen LogP contribution is -2.48. The topological polar surface area (TPSA) is 84.9 Å². The van der Waals surface area contributed by atoms with Crippen molar-refractivity contribution in [3.05, 3.63) is 71.8 Å². The van der Waals surface area contributed by atoms with Crippen LogP contribution >= 0.6 is 0 Å². The van der Waals surface area contributed by atoms with E-state index in [1.807, 2.05) is 37.3 Å². The third kappa shape index (κ3) is 2.88. The van der Waals surface area contributed by atoms with Gasteiger partial charge in [0.05, 0.1) is 37.3 Å². The van der Waals surface area contributed by atoms with Crippen molar-refractivity contribution >= 4 is 23.4 Å². The quantitative estimate of drug-likeness (QED) is 0.595. The number of methoxy groups -OCH3 is 1. The molecule has 4 atom stereocenters. The molecule has 3 aliphatic rings. The second kappa shape index (κ2) is 7.06. The van der Waals surface area contributed by atoms with Crippen LogP contribution in [0.3, 0.4) is 0 Å². The molecule has 2 aromatic carbocycles. The Hall–Kier alpha value is -3.45. The number of nitrogens with zero attached hydrogens (tertiary/aromatic N) is 1. The van der Waals surface area contributed by atoms with E-state index in [1.54, 1.807) is 37.4 Å². The number of anilines is 1. The SMILES string of the molecule is COc1ccc(C(=O)NC[C@@]23C=C[C@@H](O2)[C@@H]2C(=O)N(c4ccccc4C)C(=O)[C@@H]23)cc1. The maximum atomic E-state index is 13.4. The van der Waals surface area contributed by atoms with E-state index in [0.717, 1.165) is 5.56 Å². The summed E-state index contributed by atoms with van der Waals surface area (Å²) < 4.78 is 11.2. The zero-order valence-electron chi connectivity index (χ0n) is 17.2. The minimum atomic E-state index is -1.03. The number of benzene rings is 2. The van der Waals surface area contributed by atoms with E-state index in [4.69, 9.17) is 9.47 Å². The summed E-state index contributed by atoms with van der Waals surface area (Å²) in [4.78, 5) is 40.5. The van der Waals surface area contributed by atoms with Crippen LogP contribution in [-0.4, -0.2) is 43.1 Å². The highest BCUT2D eigenvalue weighted by atomic mass is 16.5. The largest absolute Gasteiger partial charge is 0.497 e. The summed E-state index contributed by atoms with van der Waals surface area (Å²) in [5, 5.41) is 2.87. The van der Waals surface area contributed by atoms with Gasteiger partial charge in [0.15, 0.2) is 0 Å². The van der Waals surface area contributed by atoms with Gasteiger partial charge in [0, 0.05) is 5.56 Å². The first-order valence-electron chi connectivity index (χ1n) is 10.2. The molecule has 2 saturated heterocycles. The summed E-state index contributed by atoms with van der Waals surface area (Å²) in [6.07, 6.45) is 3.18. The average Bonchev–Trinajstić information content (AvgIpc) is 3.43. The Morgan fingerprint density at radius 2 is 1.87 bits per heavy atom. The highest BCUT2D eigenvalue weighted by Gasteiger charge is 2.67. The zero-order chi connectivity index (χ0) is 21.8. The third-order valence-corrected chi connectivity index (χ3v) is 6.39. The van der Waals surface area contributed by atoms with Gasteiger partial charge in [-0.3, -0.25) is 14.4 Å². The van der Waals surface area contributed by atoms with E-state index >= 15 is 0 Å². The van der Waals surface area contributed by atoms with Crippen LogP contribution in [0.25, 0.3) is 0 Å². The molecule has 5 rings (SSSR count). The fraction of sp³-hybridized carbons (Fsp3) is 0.292. The van der Waals surface area contributed by atoms with Gasteiger partial charge < -0.3 is 14.8 Å². The van der Waals surface area contributed by atoms with Gasteiger partial charge in [-0.1, -0.05) is 30.4 Å². The molecule has 2 fully saturated rings. The van der Waals surface area contributed by atoms with E-state index < -0.39 is 23.5 Å². The minimum absolute atomic E-state index is 0.104. The molecule has 1 N–H and O–H groups in total. The van der Waals surface area contributed by atoms with Crippen molar-refractivity contribution in [3.63, 3.8) is 0 Å². The van der Waals surface area contributed by atoms with Crippen molar-refractivity contribution in [2.75, 3.05) is 18.6 Å². The molecule has 3 aliphatic heterocycles. The summed E-state index contributed by atoms with van der Waals surface area (Å²) in [6, 6.07) is 14.1. The lowest BCUT2D eigenvalue weighted by molar-refractivity contribution is -0.126. The highest BCUT2D eigenvalue weighted by Crippen LogP contribution is 2.52. The fourth-order valence-corrected chi connectivity index (χ4v) is 4.82. The number of carbonyl (C=O) groups is 3. The second-order valence-corrected chi connectivity index (χ2v) is 8.11. The van der Waals surface area contributed by atoms with Gasteiger partial charge in [-0.2, -0.15) is 0 Å². The van der Waals surface area contributed by atoms with Gasteiger partial charge in [-0.05, 0) is 42.8 Å². The van der Waals surface area contributed by atoms with Crippen molar-refractivity contribution in [2.45, 2.75) is 18.6 Å². The predicted molar refractivity (Wildman–Crippen MR) is 113 cm³/mol. The third-order valence-electron chi connectivity index (χ3n) is 6.39. The second-order valence-electron chi connectivity index (χ2n) is 8.11. The zero-order valence-corrected chi connectivity index (χ0v) is 17.2. The van der Waals surface area contributed by atoms with E-state index in [2.05, 4.69) is 5.32 Å². The van der Waals surface area contributed by atoms with Crippen molar-refractivity contribution in [3.8, 4) is 5.75 Å². The van der Waals surface area contributed by atoms with E-state index in [0.29, 0.717) is 17.0 Å². The average molecular weight is 418 g/mol. The number of amides is 3. The van der Waals surface area contributed by atoms with Gasteiger partial charge in [-0.25, -0.2) is 4.90 Å². The first-order chi connectivity index (χ1) is 14.9. The van der Waals surface area contributed by atoms with Crippen LogP contribution in [0, 0.1) is 18.8 Å². The monoisotopic (exact) mass is 418 g/mol. The number of rotatable bonds is 5. The Balaban J connectivity index is 1.38. The molecule has 3 heterocycles. The molecule has 2 bridgehead atoms. The smallest absolute Gasteiger partial charge is 0.251 e. The number of ether oxygens (including phenoxy) is 2. The molecular weight excluding hydrogens is 396 g/mol. The summed E-state index contributed by atoms with van der Waals surface area (Å²) in [7, 11) is 1.56. The van der Waals surface area contributed by atoms with Gasteiger partial charge in [-0.15, -0.1) is 0 Å². The van der Waals surface area contributed by atoms with Crippen LogP contribution in [0.15, 0.2) is 60.7 Å². The molecule has 7 nitrogen and oxygen atoms in total. The Morgan fingerprint density at radius 1 is 1.13 bits per heavy atom. The molecule has 158 valence electrons. The Labute approximate surface area is 179 Å². The number of carbonyl (C=O) groups excluding carboxylic acids is 3. The number of para-hydroxylation sites is 1. The van der Waals surface area contributed by atoms with E-state index in [1.165, 1.54) is 4.90 Å². The van der Waals surface area contributed by atoms with Crippen LogP contribution in [0.5, 0.6) is 5.75 Å². The van der Waals surface area contributed by atoms with Crippen LogP contribution in [0.4, 0.5) is 5.69 Å². The number of aryl methyl sites for hydroxylation is 1. The number of nitrogens with one attached hydrogen (secondary N) is 1. The minimum Gasteiger partial charge on any atom is -0.497 e. The number of hydrogen-bond donors (Lipinski definition) is 1. The summed E-state index contributed by atoms with van der Waals surface area (Å²) in [5.41, 5.74) is 0.901. The van der Waals surface area contributed by atoms with Gasteiger partial charge >= 0.3 is 0 Å². The van der Waals surface area contributed by atoms with Crippen molar-refractivity contribution in [1.29, 1.82) is 0 Å². The summed E-state index contributed by atoms with van der Waals surface area (Å²) >= 11 is 0. The van der Waals surface area contributed by atoms with Crippen molar-refractivity contribution in [2.24, 2.45) is 11.8 Å². The predicted octanol–water partition coefficient (Wildman–Crippen LogP) is 2.25. The fourth-order valence-electron chi connectivity index (χ4n) is 4.82. The summed E-state index contributed by atoms with van der Waals surface area (Å²) in [5.74, 6) is -1.39. The van der Waals surface area contributed by atoms with Crippen molar-refractivity contribution < 1.29 is 23.9 Å².